The summed E-state index contributed by atoms with van der Waals surface area (Å²) in [7, 11) is 0. The van der Waals surface area contributed by atoms with Gasteiger partial charge in [-0.1, -0.05) is 22.5 Å². The largest absolute Gasteiger partial charge is 0.481 e. The molecule has 0 aliphatic heterocycles. The maximum atomic E-state index is 11.7. The highest BCUT2D eigenvalue weighted by Crippen LogP contribution is 2.05. The second-order valence-electron chi connectivity index (χ2n) is 3.41. The van der Waals surface area contributed by atoms with E-state index in [2.05, 4.69) is 27.8 Å². The maximum Gasteiger partial charge on any atom is 0.317 e. The molecule has 0 aliphatic carbocycles. The summed E-state index contributed by atoms with van der Waals surface area (Å²) in [5, 5.41) is 11.3. The van der Waals surface area contributed by atoms with Gasteiger partial charge in [-0.05, 0) is 13.8 Å². The number of aliphatic carboxylic acids is 1. The van der Waals surface area contributed by atoms with E-state index in [1.165, 1.54) is 4.90 Å². The second kappa shape index (κ2) is 7.27. The van der Waals surface area contributed by atoms with Gasteiger partial charge in [0.25, 0.3) is 0 Å². The molecule has 0 bridgehead atoms. The minimum atomic E-state index is -0.913. The van der Waals surface area contributed by atoms with Crippen LogP contribution in [0.2, 0.25) is 0 Å². The number of nitrogens with one attached hydrogen (secondary N) is 1. The molecule has 0 spiro atoms. The van der Waals surface area contributed by atoms with Crippen molar-refractivity contribution in [2.75, 3.05) is 13.1 Å². The first-order chi connectivity index (χ1) is 7.38. The van der Waals surface area contributed by atoms with Gasteiger partial charge in [0.2, 0.25) is 0 Å². The van der Waals surface area contributed by atoms with Crippen LogP contribution in [0.15, 0.2) is 11.1 Å². The molecule has 0 radical (unpaired) electrons. The highest BCUT2D eigenvalue weighted by atomic mass is 79.9. The average molecular weight is 293 g/mol. The first kappa shape index (κ1) is 15.0. The van der Waals surface area contributed by atoms with Crippen LogP contribution in [-0.4, -0.2) is 41.1 Å². The lowest BCUT2D eigenvalue weighted by Crippen LogP contribution is -2.45. The van der Waals surface area contributed by atoms with E-state index in [1.54, 1.807) is 13.8 Å². The summed E-state index contributed by atoms with van der Waals surface area (Å²) in [6.07, 6.45) is -0.0590. The van der Waals surface area contributed by atoms with E-state index in [1.807, 2.05) is 0 Å². The van der Waals surface area contributed by atoms with E-state index in [4.69, 9.17) is 5.11 Å². The molecule has 0 heterocycles. The van der Waals surface area contributed by atoms with Crippen molar-refractivity contribution in [3.05, 3.63) is 11.1 Å². The van der Waals surface area contributed by atoms with Gasteiger partial charge in [0.1, 0.15) is 0 Å². The van der Waals surface area contributed by atoms with Gasteiger partial charge in [-0.15, -0.1) is 0 Å². The normalized spacial score (nSPS) is 11.7. The number of amides is 2. The smallest absolute Gasteiger partial charge is 0.317 e. The summed E-state index contributed by atoms with van der Waals surface area (Å²) in [6, 6.07) is -0.608. The van der Waals surface area contributed by atoms with Gasteiger partial charge in [0, 0.05) is 17.1 Å². The number of urea groups is 1. The van der Waals surface area contributed by atoms with Crippen LogP contribution in [0, 0.1) is 0 Å². The van der Waals surface area contributed by atoms with Gasteiger partial charge in [-0.25, -0.2) is 4.79 Å². The molecule has 6 heteroatoms. The maximum absolute atomic E-state index is 11.7. The van der Waals surface area contributed by atoms with Crippen molar-refractivity contribution in [1.29, 1.82) is 0 Å². The fourth-order valence-electron chi connectivity index (χ4n) is 1.29. The van der Waals surface area contributed by atoms with Gasteiger partial charge >= 0.3 is 12.0 Å². The molecule has 0 aromatic rings. The highest BCUT2D eigenvalue weighted by molar-refractivity contribution is 9.11. The third-order valence-corrected chi connectivity index (χ3v) is 2.32. The van der Waals surface area contributed by atoms with Gasteiger partial charge in [0.15, 0.2) is 0 Å². The zero-order valence-electron chi connectivity index (χ0n) is 9.49. The summed E-state index contributed by atoms with van der Waals surface area (Å²) in [5.41, 5.74) is 0. The lowest BCUT2D eigenvalue weighted by atomic mass is 10.2. The quantitative estimate of drug-likeness (QED) is 0.784. The van der Waals surface area contributed by atoms with Crippen molar-refractivity contribution in [1.82, 2.24) is 10.2 Å². The van der Waals surface area contributed by atoms with Crippen molar-refractivity contribution < 1.29 is 14.7 Å². The van der Waals surface area contributed by atoms with Gasteiger partial charge < -0.3 is 15.3 Å². The first-order valence-corrected chi connectivity index (χ1v) is 5.77. The summed E-state index contributed by atoms with van der Waals surface area (Å²) < 4.78 is 0.669. The zero-order valence-corrected chi connectivity index (χ0v) is 11.1. The average Bonchev–Trinajstić information content (AvgIpc) is 2.14. The van der Waals surface area contributed by atoms with E-state index >= 15 is 0 Å². The lowest BCUT2D eigenvalue weighted by Gasteiger charge is -2.27. The van der Waals surface area contributed by atoms with Crippen LogP contribution in [0.5, 0.6) is 0 Å². The predicted octanol–water partition coefficient (Wildman–Crippen LogP) is 1.79. The fourth-order valence-corrected chi connectivity index (χ4v) is 1.43. The molecule has 0 fully saturated rings. The van der Waals surface area contributed by atoms with Crippen LogP contribution in [0.4, 0.5) is 4.79 Å². The molecule has 2 amide bonds. The highest BCUT2D eigenvalue weighted by Gasteiger charge is 2.20. The van der Waals surface area contributed by atoms with E-state index in [9.17, 15) is 9.59 Å². The van der Waals surface area contributed by atoms with E-state index in [0.717, 1.165) is 0 Å². The molecule has 5 nitrogen and oxygen atoms in total. The number of carbonyl (C=O) groups is 2. The summed E-state index contributed by atoms with van der Waals surface area (Å²) in [4.78, 5) is 23.7. The Bertz CT molecular complexity index is 281. The van der Waals surface area contributed by atoms with Crippen molar-refractivity contribution in [3.8, 4) is 0 Å². The summed E-state index contributed by atoms with van der Waals surface area (Å²) in [6.45, 7) is 7.91. The molecule has 0 rings (SSSR count). The topological polar surface area (TPSA) is 69.6 Å². The summed E-state index contributed by atoms with van der Waals surface area (Å²) >= 11 is 3.13. The Morgan fingerprint density at radius 1 is 1.56 bits per heavy atom. The molecule has 92 valence electrons. The Balaban J connectivity index is 4.30. The van der Waals surface area contributed by atoms with E-state index in [0.29, 0.717) is 17.6 Å². The molecule has 2 N–H and O–H groups in total. The number of hydrogen-bond acceptors (Lipinski definition) is 2. The predicted molar refractivity (Wildman–Crippen MR) is 65.6 cm³/mol. The number of carboxylic acid groups (broad SMARTS) is 1. The standard InChI is InChI=1S/C10H17BrN2O3/c1-4-13(8(3)5-9(14)15)10(16)12-6-7(2)11/h8H,2,4-6H2,1,3H3,(H,12,16)(H,14,15). The Hall–Kier alpha value is -1.04. The van der Waals surface area contributed by atoms with Gasteiger partial charge in [-0.3, -0.25) is 4.79 Å². The zero-order chi connectivity index (χ0) is 12.7. The molecule has 16 heavy (non-hydrogen) atoms. The minimum absolute atomic E-state index is 0.0590. The van der Waals surface area contributed by atoms with E-state index in [-0.39, 0.29) is 18.5 Å². The Morgan fingerprint density at radius 3 is 2.50 bits per heavy atom. The molecule has 0 aromatic carbocycles. The van der Waals surface area contributed by atoms with Crippen molar-refractivity contribution >= 4 is 27.9 Å². The van der Waals surface area contributed by atoms with Crippen LogP contribution < -0.4 is 5.32 Å². The molecular weight excluding hydrogens is 276 g/mol. The van der Waals surface area contributed by atoms with Crippen molar-refractivity contribution in [3.63, 3.8) is 0 Å². The van der Waals surface area contributed by atoms with Crippen LogP contribution in [0.3, 0.4) is 0 Å². The van der Waals surface area contributed by atoms with Crippen molar-refractivity contribution in [2.45, 2.75) is 26.3 Å². The molecule has 0 saturated heterocycles. The number of halogens is 1. The minimum Gasteiger partial charge on any atom is -0.481 e. The third kappa shape index (κ3) is 5.75. The van der Waals surface area contributed by atoms with Gasteiger partial charge in [0.05, 0.1) is 13.0 Å². The number of carboxylic acids is 1. The Kier molecular flexibility index (Phi) is 6.80. The number of carbonyl (C=O) groups excluding carboxylic acids is 1. The van der Waals surface area contributed by atoms with Gasteiger partial charge in [-0.2, -0.15) is 0 Å². The molecule has 1 unspecified atom stereocenters. The molecule has 0 saturated carbocycles. The first-order valence-electron chi connectivity index (χ1n) is 4.98. The monoisotopic (exact) mass is 292 g/mol. The SMILES string of the molecule is C=C(Br)CNC(=O)N(CC)C(C)CC(=O)O. The third-order valence-electron chi connectivity index (χ3n) is 2.04. The number of hydrogen-bond donors (Lipinski definition) is 2. The molecule has 1 atom stereocenters. The Labute approximate surface area is 104 Å². The summed E-state index contributed by atoms with van der Waals surface area (Å²) in [5.74, 6) is -0.913. The molecule has 0 aromatic heterocycles. The van der Waals surface area contributed by atoms with Crippen LogP contribution >= 0.6 is 15.9 Å². The molecular formula is C10H17BrN2O3. The number of rotatable bonds is 6. The van der Waals surface area contributed by atoms with E-state index < -0.39 is 5.97 Å². The molecule has 0 aliphatic rings. The fraction of sp³-hybridized carbons (Fsp3) is 0.600. The second-order valence-corrected chi connectivity index (χ2v) is 4.53. The Morgan fingerprint density at radius 2 is 2.12 bits per heavy atom. The number of nitrogens with zero attached hydrogens (tertiary/aromatic N) is 1. The lowest BCUT2D eigenvalue weighted by molar-refractivity contribution is -0.138. The van der Waals surface area contributed by atoms with Crippen molar-refractivity contribution in [2.24, 2.45) is 0 Å². The van der Waals surface area contributed by atoms with Crippen LogP contribution in [0.25, 0.3) is 0 Å². The van der Waals surface area contributed by atoms with Crippen LogP contribution in [0.1, 0.15) is 20.3 Å². The van der Waals surface area contributed by atoms with Crippen LogP contribution in [-0.2, 0) is 4.79 Å².